The van der Waals surface area contributed by atoms with Crippen LogP contribution in [0.4, 0.5) is 5.69 Å². The molecule has 9 heteroatoms. The molecule has 2 aliphatic heterocycles. The fourth-order valence-corrected chi connectivity index (χ4v) is 5.98. The number of methoxy groups -OCH3 is 2. The summed E-state index contributed by atoms with van der Waals surface area (Å²) in [6, 6.07) is 5.73. The van der Waals surface area contributed by atoms with E-state index < -0.39 is 6.04 Å². The van der Waals surface area contributed by atoms with Crippen molar-refractivity contribution in [3.63, 3.8) is 0 Å². The molecule has 5 rings (SSSR count). The maximum atomic E-state index is 12.4. The smallest absolute Gasteiger partial charge is 0.249 e. The monoisotopic (exact) mass is 484 g/mol. The summed E-state index contributed by atoms with van der Waals surface area (Å²) in [7, 11) is 3.43. The zero-order valence-electron chi connectivity index (χ0n) is 20.7. The third-order valence-electron chi connectivity index (χ3n) is 7.86. The van der Waals surface area contributed by atoms with Crippen LogP contribution in [0.5, 0.6) is 0 Å². The summed E-state index contributed by atoms with van der Waals surface area (Å²) in [5.74, 6) is -0.00582. The fourth-order valence-electron chi connectivity index (χ4n) is 5.98. The molecular weight excluding hydrogens is 448 g/mol. The molecule has 1 N–H and O–H groups in total. The average molecular weight is 485 g/mol. The van der Waals surface area contributed by atoms with Gasteiger partial charge in [-0.05, 0) is 57.1 Å². The first-order valence-electron chi connectivity index (χ1n) is 12.8. The highest BCUT2D eigenvalue weighted by Gasteiger charge is 2.32. The van der Waals surface area contributed by atoms with E-state index in [1.165, 1.54) is 0 Å². The van der Waals surface area contributed by atoms with Gasteiger partial charge in [-0.2, -0.15) is 0 Å². The lowest BCUT2D eigenvalue weighted by Gasteiger charge is -2.37. The maximum absolute atomic E-state index is 12.4. The van der Waals surface area contributed by atoms with Crippen LogP contribution in [-0.4, -0.2) is 67.2 Å². The Balaban J connectivity index is 1.18. The number of fused-ring (bicyclic) bond motifs is 1. The average Bonchev–Trinajstić information content (AvgIpc) is 3.30. The Morgan fingerprint density at radius 3 is 2.37 bits per heavy atom. The quantitative estimate of drug-likeness (QED) is 0.476. The highest BCUT2D eigenvalue weighted by molar-refractivity contribution is 6.00. The van der Waals surface area contributed by atoms with Crippen LogP contribution in [-0.2, 0) is 23.8 Å². The van der Waals surface area contributed by atoms with Crippen molar-refractivity contribution < 1.29 is 23.8 Å². The number of anilines is 1. The van der Waals surface area contributed by atoms with Gasteiger partial charge in [0.05, 0.1) is 29.7 Å². The molecule has 2 saturated heterocycles. The van der Waals surface area contributed by atoms with Gasteiger partial charge in [0.1, 0.15) is 11.6 Å². The number of carbonyl (C=O) groups excluding carboxylic acids is 2. The molecule has 1 aromatic heterocycles. The number of hydrogen-bond donors (Lipinski definition) is 1. The van der Waals surface area contributed by atoms with E-state index in [4.69, 9.17) is 14.2 Å². The van der Waals surface area contributed by atoms with Crippen molar-refractivity contribution in [2.45, 2.75) is 75.9 Å². The molecule has 0 radical (unpaired) electrons. The molecule has 1 aliphatic carbocycles. The molecule has 1 atom stereocenters. The van der Waals surface area contributed by atoms with E-state index in [1.807, 2.05) is 16.7 Å². The van der Waals surface area contributed by atoms with E-state index in [-0.39, 0.29) is 24.2 Å². The van der Waals surface area contributed by atoms with Gasteiger partial charge < -0.3 is 23.7 Å². The van der Waals surface area contributed by atoms with Crippen molar-refractivity contribution in [2.24, 2.45) is 5.92 Å². The van der Waals surface area contributed by atoms with Gasteiger partial charge in [-0.15, -0.1) is 0 Å². The van der Waals surface area contributed by atoms with Gasteiger partial charge in [0.25, 0.3) is 0 Å². The third kappa shape index (κ3) is 5.08. The van der Waals surface area contributed by atoms with E-state index in [0.29, 0.717) is 24.9 Å². The van der Waals surface area contributed by atoms with Crippen molar-refractivity contribution in [2.75, 3.05) is 32.2 Å². The Hall–Kier alpha value is -2.49. The van der Waals surface area contributed by atoms with Gasteiger partial charge >= 0.3 is 0 Å². The van der Waals surface area contributed by atoms with Crippen LogP contribution in [0.3, 0.4) is 0 Å². The minimum atomic E-state index is -0.398. The van der Waals surface area contributed by atoms with Gasteiger partial charge in [0.15, 0.2) is 6.29 Å². The topological polar surface area (TPSA) is 94.9 Å². The molecule has 0 bridgehead atoms. The lowest BCUT2D eigenvalue weighted by molar-refractivity contribution is -0.153. The predicted octanol–water partition coefficient (Wildman–Crippen LogP) is 3.18. The zero-order chi connectivity index (χ0) is 24.4. The Labute approximate surface area is 206 Å². The highest BCUT2D eigenvalue weighted by atomic mass is 16.7. The maximum Gasteiger partial charge on any atom is 0.249 e. The number of ether oxygens (including phenoxy) is 3. The number of nitrogens with zero attached hydrogens (tertiary/aromatic N) is 3. The molecule has 3 heterocycles. The summed E-state index contributed by atoms with van der Waals surface area (Å²) in [4.78, 5) is 31.0. The molecule has 0 spiro atoms. The number of imidazole rings is 1. The molecule has 3 aliphatic rings. The molecule has 35 heavy (non-hydrogen) atoms. The zero-order valence-corrected chi connectivity index (χ0v) is 20.7. The van der Waals surface area contributed by atoms with Crippen molar-refractivity contribution in [1.82, 2.24) is 14.9 Å². The van der Waals surface area contributed by atoms with Crippen LogP contribution in [0.25, 0.3) is 11.0 Å². The summed E-state index contributed by atoms with van der Waals surface area (Å²) in [6.45, 7) is 1.83. The molecule has 190 valence electrons. The molecule has 9 nitrogen and oxygen atoms in total. The van der Waals surface area contributed by atoms with E-state index in [0.717, 1.165) is 68.3 Å². The normalized spacial score (nSPS) is 26.5. The number of carbonyl (C=O) groups is 2. The largest absolute Gasteiger partial charge is 0.375 e. The Bertz CT molecular complexity index is 1040. The van der Waals surface area contributed by atoms with Crippen LogP contribution in [0.15, 0.2) is 24.5 Å². The van der Waals surface area contributed by atoms with Crippen molar-refractivity contribution in [1.29, 1.82) is 0 Å². The van der Waals surface area contributed by atoms with Gasteiger partial charge in [0.2, 0.25) is 11.8 Å². The predicted molar refractivity (Wildman–Crippen MR) is 131 cm³/mol. The third-order valence-corrected chi connectivity index (χ3v) is 7.86. The van der Waals surface area contributed by atoms with Crippen LogP contribution in [0, 0.1) is 5.92 Å². The van der Waals surface area contributed by atoms with Crippen molar-refractivity contribution in [3.05, 3.63) is 24.5 Å². The highest BCUT2D eigenvalue weighted by Crippen LogP contribution is 2.34. The number of rotatable bonds is 7. The van der Waals surface area contributed by atoms with Gasteiger partial charge in [-0.1, -0.05) is 6.07 Å². The fraction of sp³-hybridized carbons (Fsp3) is 0.654. The second kappa shape index (κ2) is 10.6. The number of aromatic nitrogens is 2. The van der Waals surface area contributed by atoms with Gasteiger partial charge in [-0.3, -0.25) is 14.9 Å². The van der Waals surface area contributed by atoms with E-state index >= 15 is 0 Å². The lowest BCUT2D eigenvalue weighted by Crippen LogP contribution is -2.41. The van der Waals surface area contributed by atoms with Crippen molar-refractivity contribution >= 4 is 28.5 Å². The summed E-state index contributed by atoms with van der Waals surface area (Å²) >= 11 is 0. The van der Waals surface area contributed by atoms with E-state index in [1.54, 1.807) is 20.5 Å². The number of benzene rings is 1. The number of para-hydroxylation sites is 1. The number of amides is 2. The van der Waals surface area contributed by atoms with Crippen LogP contribution >= 0.6 is 0 Å². The molecular formula is C26H36N4O5. The molecule has 3 fully saturated rings. The summed E-state index contributed by atoms with van der Waals surface area (Å²) < 4.78 is 19.3. The summed E-state index contributed by atoms with van der Waals surface area (Å²) in [5.41, 5.74) is 2.93. The minimum Gasteiger partial charge on any atom is -0.375 e. The number of imide groups is 1. The Morgan fingerprint density at radius 1 is 0.971 bits per heavy atom. The first-order valence-corrected chi connectivity index (χ1v) is 12.8. The van der Waals surface area contributed by atoms with Crippen LogP contribution < -0.4 is 10.2 Å². The second-order valence-corrected chi connectivity index (χ2v) is 9.96. The molecule has 1 saturated carbocycles. The SMILES string of the molecule is COC(OC)C1CCC(OC2CCN(c3cccc4c3ncn4C3CCC(=O)NC3=O)CC2)CC1. The minimum absolute atomic E-state index is 0.111. The lowest BCUT2D eigenvalue weighted by atomic mass is 9.86. The number of nitrogens with one attached hydrogen (secondary N) is 1. The van der Waals surface area contributed by atoms with Crippen LogP contribution in [0.2, 0.25) is 0 Å². The van der Waals surface area contributed by atoms with Gasteiger partial charge in [0, 0.05) is 39.6 Å². The van der Waals surface area contributed by atoms with Gasteiger partial charge in [-0.25, -0.2) is 4.98 Å². The van der Waals surface area contributed by atoms with E-state index in [9.17, 15) is 9.59 Å². The first-order chi connectivity index (χ1) is 17.1. The molecule has 1 unspecified atom stereocenters. The van der Waals surface area contributed by atoms with Crippen molar-refractivity contribution in [3.8, 4) is 0 Å². The second-order valence-electron chi connectivity index (χ2n) is 9.96. The molecule has 2 amide bonds. The first kappa shape index (κ1) is 24.2. The summed E-state index contributed by atoms with van der Waals surface area (Å²) in [5, 5.41) is 2.45. The number of hydrogen-bond acceptors (Lipinski definition) is 7. The number of piperidine rings is 2. The van der Waals surface area contributed by atoms with Crippen LogP contribution in [0.1, 0.15) is 57.4 Å². The standard InChI is InChI=1S/C26H36N4O5/c1-33-26(34-2)17-6-8-18(9-7-17)35-19-12-14-29(15-13-19)20-4-3-5-21-24(20)27-16-30(21)22-10-11-23(31)28-25(22)32/h3-5,16-19,22,26H,6-15H2,1-2H3,(H,28,31,32). The molecule has 1 aromatic carbocycles. The van der Waals surface area contributed by atoms with E-state index in [2.05, 4.69) is 21.3 Å². The summed E-state index contributed by atoms with van der Waals surface area (Å²) in [6.07, 6.45) is 9.34. The Morgan fingerprint density at radius 2 is 1.69 bits per heavy atom. The Kier molecular flexibility index (Phi) is 7.36. The molecule has 2 aromatic rings.